The highest BCUT2D eigenvalue weighted by molar-refractivity contribution is 5.92. The van der Waals surface area contributed by atoms with Crippen LogP contribution in [0.25, 0.3) is 0 Å². The third kappa shape index (κ3) is 11.2. The summed E-state index contributed by atoms with van der Waals surface area (Å²) in [5, 5.41) is 5.68. The van der Waals surface area contributed by atoms with Crippen molar-refractivity contribution < 1.29 is 28.6 Å². The summed E-state index contributed by atoms with van der Waals surface area (Å²) in [6.45, 7) is 6.14. The van der Waals surface area contributed by atoms with Crippen LogP contribution in [0.2, 0.25) is 0 Å². The van der Waals surface area contributed by atoms with Gasteiger partial charge in [0, 0.05) is 51.5 Å². The van der Waals surface area contributed by atoms with E-state index in [0.29, 0.717) is 72.1 Å². The largest absolute Gasteiger partial charge is 0.379 e. The third-order valence-electron chi connectivity index (χ3n) is 5.57. The molecule has 1 aromatic rings. The highest BCUT2D eigenvalue weighted by atomic mass is 16.5. The molecule has 0 aromatic carbocycles. The minimum Gasteiger partial charge on any atom is -0.379 e. The van der Waals surface area contributed by atoms with Crippen molar-refractivity contribution in [1.82, 2.24) is 25.5 Å². The van der Waals surface area contributed by atoms with Gasteiger partial charge in [0.1, 0.15) is 12.1 Å². The van der Waals surface area contributed by atoms with E-state index in [9.17, 15) is 14.4 Å². The number of aromatic amines is 1. The molecule has 0 bridgehead atoms. The van der Waals surface area contributed by atoms with Crippen LogP contribution in [0.15, 0.2) is 12.5 Å². The topological polar surface area (TPSA) is 161 Å². The van der Waals surface area contributed by atoms with E-state index in [-0.39, 0.29) is 24.1 Å². The van der Waals surface area contributed by atoms with E-state index in [4.69, 9.17) is 19.9 Å². The van der Waals surface area contributed by atoms with E-state index in [0.717, 1.165) is 18.5 Å². The number of imidazole rings is 1. The first-order valence-corrected chi connectivity index (χ1v) is 12.3. The minimum absolute atomic E-state index is 0.140. The van der Waals surface area contributed by atoms with Crippen LogP contribution in [-0.4, -0.2) is 104 Å². The summed E-state index contributed by atoms with van der Waals surface area (Å²) in [5.41, 5.74) is 6.12. The van der Waals surface area contributed by atoms with Gasteiger partial charge in [-0.3, -0.25) is 14.4 Å². The first kappa shape index (κ1) is 28.7. The molecular formula is C23H40N6O6. The van der Waals surface area contributed by atoms with Crippen LogP contribution < -0.4 is 16.4 Å². The van der Waals surface area contributed by atoms with E-state index in [2.05, 4.69) is 20.6 Å². The van der Waals surface area contributed by atoms with E-state index in [1.807, 2.05) is 0 Å². The van der Waals surface area contributed by atoms with Crippen molar-refractivity contribution in [2.75, 3.05) is 59.3 Å². The molecule has 1 saturated heterocycles. The quantitative estimate of drug-likeness (QED) is 0.195. The molecule has 0 spiro atoms. The Kier molecular flexibility index (Phi) is 13.9. The van der Waals surface area contributed by atoms with Gasteiger partial charge in [-0.1, -0.05) is 0 Å². The Balaban J connectivity index is 1.66. The lowest BCUT2D eigenvalue weighted by Crippen LogP contribution is -2.53. The zero-order valence-corrected chi connectivity index (χ0v) is 20.6. The zero-order chi connectivity index (χ0) is 25.3. The number of carbonyl (C=O) groups is 3. The maximum absolute atomic E-state index is 12.8. The first-order chi connectivity index (χ1) is 17.0. The molecule has 198 valence electrons. The second kappa shape index (κ2) is 17.0. The summed E-state index contributed by atoms with van der Waals surface area (Å²) < 4.78 is 16.3. The Morgan fingerprint density at radius 2 is 1.83 bits per heavy atom. The molecule has 2 heterocycles. The molecule has 2 atom stereocenters. The SMILES string of the molecule is CC(=O)N1CCCC1C(=O)NC(Cc1cnc[nH]1)C(=O)NCCCOCCOCCOCCCN. The second-order valence-corrected chi connectivity index (χ2v) is 8.34. The van der Waals surface area contributed by atoms with E-state index < -0.39 is 12.1 Å². The smallest absolute Gasteiger partial charge is 0.243 e. The first-order valence-electron chi connectivity index (χ1n) is 12.3. The van der Waals surface area contributed by atoms with Gasteiger partial charge in [0.25, 0.3) is 0 Å². The third-order valence-corrected chi connectivity index (χ3v) is 5.57. The van der Waals surface area contributed by atoms with Crippen molar-refractivity contribution in [2.45, 2.75) is 51.1 Å². The average Bonchev–Trinajstić information content (AvgIpc) is 3.54. The van der Waals surface area contributed by atoms with Crippen molar-refractivity contribution in [1.29, 1.82) is 0 Å². The number of carbonyl (C=O) groups excluding carboxylic acids is 3. The number of aromatic nitrogens is 2. The highest BCUT2D eigenvalue weighted by Gasteiger charge is 2.34. The predicted octanol–water partition coefficient (Wildman–Crippen LogP) is -0.647. The maximum atomic E-state index is 12.8. The van der Waals surface area contributed by atoms with Gasteiger partial charge in [-0.05, 0) is 32.2 Å². The highest BCUT2D eigenvalue weighted by Crippen LogP contribution is 2.17. The van der Waals surface area contributed by atoms with Crippen molar-refractivity contribution in [3.8, 4) is 0 Å². The zero-order valence-electron chi connectivity index (χ0n) is 20.6. The molecular weight excluding hydrogens is 456 g/mol. The number of rotatable bonds is 18. The van der Waals surface area contributed by atoms with Gasteiger partial charge in [0.2, 0.25) is 17.7 Å². The van der Waals surface area contributed by atoms with Crippen molar-refractivity contribution in [2.24, 2.45) is 5.73 Å². The lowest BCUT2D eigenvalue weighted by atomic mass is 10.1. The van der Waals surface area contributed by atoms with Crippen LogP contribution >= 0.6 is 0 Å². The Bertz CT molecular complexity index is 747. The molecule has 5 N–H and O–H groups in total. The molecule has 0 radical (unpaired) electrons. The van der Waals surface area contributed by atoms with Crippen LogP contribution in [0.5, 0.6) is 0 Å². The van der Waals surface area contributed by atoms with E-state index in [1.54, 1.807) is 11.1 Å². The van der Waals surface area contributed by atoms with Crippen LogP contribution in [0.1, 0.15) is 38.3 Å². The van der Waals surface area contributed by atoms with E-state index >= 15 is 0 Å². The molecule has 12 nitrogen and oxygen atoms in total. The molecule has 12 heteroatoms. The number of hydrogen-bond acceptors (Lipinski definition) is 8. The molecule has 1 aromatic heterocycles. The fourth-order valence-corrected chi connectivity index (χ4v) is 3.75. The molecule has 1 aliphatic heterocycles. The summed E-state index contributed by atoms with van der Waals surface area (Å²) in [7, 11) is 0. The van der Waals surface area contributed by atoms with Gasteiger partial charge in [0.15, 0.2) is 0 Å². The molecule has 2 rings (SSSR count). The Hall–Kier alpha value is -2.54. The summed E-state index contributed by atoms with van der Waals surface area (Å²) >= 11 is 0. The molecule has 0 aliphatic carbocycles. The van der Waals surface area contributed by atoms with Gasteiger partial charge >= 0.3 is 0 Å². The van der Waals surface area contributed by atoms with Gasteiger partial charge in [-0.2, -0.15) is 0 Å². The minimum atomic E-state index is -0.779. The number of nitrogens with zero attached hydrogens (tertiary/aromatic N) is 2. The van der Waals surface area contributed by atoms with Crippen molar-refractivity contribution >= 4 is 17.7 Å². The van der Waals surface area contributed by atoms with Gasteiger partial charge in [0.05, 0.1) is 32.8 Å². The van der Waals surface area contributed by atoms with Crippen LogP contribution in [0.3, 0.4) is 0 Å². The summed E-state index contributed by atoms with van der Waals surface area (Å²) in [6, 6.07) is -1.32. The lowest BCUT2D eigenvalue weighted by Gasteiger charge is -2.25. The second-order valence-electron chi connectivity index (χ2n) is 8.34. The number of likely N-dealkylation sites (tertiary alicyclic amines) is 1. The summed E-state index contributed by atoms with van der Waals surface area (Å²) in [6.07, 6.45) is 6.24. The molecule has 35 heavy (non-hydrogen) atoms. The fourth-order valence-electron chi connectivity index (χ4n) is 3.75. The summed E-state index contributed by atoms with van der Waals surface area (Å²) in [5.74, 6) is -0.748. The molecule has 2 unspecified atom stereocenters. The van der Waals surface area contributed by atoms with Crippen molar-refractivity contribution in [3.63, 3.8) is 0 Å². The lowest BCUT2D eigenvalue weighted by molar-refractivity contribution is -0.138. The Morgan fingerprint density at radius 3 is 2.46 bits per heavy atom. The van der Waals surface area contributed by atoms with Crippen LogP contribution in [0.4, 0.5) is 0 Å². The van der Waals surface area contributed by atoms with E-state index in [1.165, 1.54) is 13.3 Å². The average molecular weight is 497 g/mol. The number of nitrogens with two attached hydrogens (primary N) is 1. The Labute approximate surface area is 206 Å². The fraction of sp³-hybridized carbons (Fsp3) is 0.739. The molecule has 0 saturated carbocycles. The summed E-state index contributed by atoms with van der Waals surface area (Å²) in [4.78, 5) is 45.9. The number of ether oxygens (including phenoxy) is 3. The number of amides is 3. The van der Waals surface area contributed by atoms with Crippen LogP contribution in [0, 0.1) is 0 Å². The van der Waals surface area contributed by atoms with Gasteiger partial charge < -0.3 is 40.5 Å². The molecule has 1 aliphatic rings. The standard InChI is InChI=1S/C23H40N6O6/c1-18(30)29-8-2-5-21(29)23(32)28-20(15-19-16-25-17-27-19)22(31)26-7-4-10-34-12-14-35-13-11-33-9-3-6-24/h16-17,20-21H,2-15,24H2,1H3,(H,25,27)(H,26,31)(H,28,32). The number of H-pyrrole nitrogens is 1. The maximum Gasteiger partial charge on any atom is 0.243 e. The number of hydrogen-bond donors (Lipinski definition) is 4. The monoisotopic (exact) mass is 496 g/mol. The van der Waals surface area contributed by atoms with Crippen LogP contribution in [-0.2, 0) is 35.0 Å². The normalized spacial score (nSPS) is 16.3. The predicted molar refractivity (Wildman–Crippen MR) is 128 cm³/mol. The van der Waals surface area contributed by atoms with Gasteiger partial charge in [-0.25, -0.2) is 4.98 Å². The number of nitrogens with one attached hydrogen (secondary N) is 3. The Morgan fingerprint density at radius 1 is 1.14 bits per heavy atom. The van der Waals surface area contributed by atoms with Gasteiger partial charge in [-0.15, -0.1) is 0 Å². The molecule has 3 amide bonds. The molecule has 1 fully saturated rings. The van der Waals surface area contributed by atoms with Crippen molar-refractivity contribution in [3.05, 3.63) is 18.2 Å².